The van der Waals surface area contributed by atoms with Crippen LogP contribution in [-0.2, 0) is 4.79 Å². The smallest absolute Gasteiger partial charge is 0.254 e. The quantitative estimate of drug-likeness (QED) is 0.679. The molecule has 2 aromatic rings. The molecule has 31 heavy (non-hydrogen) atoms. The minimum absolute atomic E-state index is 0.0229. The summed E-state index contributed by atoms with van der Waals surface area (Å²) in [7, 11) is 0. The van der Waals surface area contributed by atoms with Crippen LogP contribution in [0.25, 0.3) is 0 Å². The summed E-state index contributed by atoms with van der Waals surface area (Å²) in [6, 6.07) is 14.9. The molecule has 5 nitrogen and oxygen atoms in total. The van der Waals surface area contributed by atoms with Crippen LogP contribution in [0.3, 0.4) is 0 Å². The Morgan fingerprint density at radius 2 is 1.84 bits per heavy atom. The average Bonchev–Trinajstić information content (AvgIpc) is 3.19. The molecular formula is C25H27BrN2O3. The van der Waals surface area contributed by atoms with Crippen molar-refractivity contribution < 1.29 is 14.3 Å². The Morgan fingerprint density at radius 1 is 1.03 bits per heavy atom. The van der Waals surface area contributed by atoms with Gasteiger partial charge in [0.2, 0.25) is 5.91 Å². The highest BCUT2D eigenvalue weighted by Crippen LogP contribution is 2.41. The second kappa shape index (κ2) is 8.65. The summed E-state index contributed by atoms with van der Waals surface area (Å²) in [4.78, 5) is 28.9. The fourth-order valence-electron chi connectivity index (χ4n) is 5.50. The van der Waals surface area contributed by atoms with E-state index in [0.717, 1.165) is 47.9 Å². The molecule has 1 aliphatic carbocycles. The molecule has 3 aliphatic rings. The Balaban J connectivity index is 1.41. The fourth-order valence-corrected chi connectivity index (χ4v) is 5.88. The van der Waals surface area contributed by atoms with Crippen LogP contribution in [0.4, 0.5) is 0 Å². The van der Waals surface area contributed by atoms with E-state index in [1.165, 1.54) is 6.42 Å². The zero-order valence-corrected chi connectivity index (χ0v) is 19.0. The van der Waals surface area contributed by atoms with Gasteiger partial charge in [-0.25, -0.2) is 0 Å². The number of likely N-dealkylation sites (tertiary alicyclic amines) is 1. The van der Waals surface area contributed by atoms with Crippen molar-refractivity contribution in [1.29, 1.82) is 0 Å². The van der Waals surface area contributed by atoms with Gasteiger partial charge in [0, 0.05) is 28.1 Å². The van der Waals surface area contributed by atoms with Gasteiger partial charge in [-0.05, 0) is 55.5 Å². The number of hydrogen-bond acceptors (Lipinski definition) is 3. The second-order valence-electron chi connectivity index (χ2n) is 8.82. The molecule has 1 saturated heterocycles. The summed E-state index contributed by atoms with van der Waals surface area (Å²) in [5, 5.41) is 3.26. The van der Waals surface area contributed by atoms with Crippen molar-refractivity contribution in [3.05, 3.63) is 64.1 Å². The van der Waals surface area contributed by atoms with Gasteiger partial charge in [0.25, 0.3) is 5.91 Å². The first-order valence-corrected chi connectivity index (χ1v) is 12.0. The number of nitrogens with one attached hydrogen (secondary N) is 1. The molecule has 2 aliphatic heterocycles. The van der Waals surface area contributed by atoms with Gasteiger partial charge in [0.05, 0.1) is 12.6 Å². The van der Waals surface area contributed by atoms with Gasteiger partial charge in [-0.2, -0.15) is 0 Å². The molecule has 1 saturated carbocycles. The lowest BCUT2D eigenvalue weighted by molar-refractivity contribution is -0.126. The Morgan fingerprint density at radius 3 is 2.68 bits per heavy atom. The lowest BCUT2D eigenvalue weighted by atomic mass is 9.84. The van der Waals surface area contributed by atoms with E-state index in [1.54, 1.807) is 0 Å². The highest BCUT2D eigenvalue weighted by Gasteiger charge is 2.48. The Bertz CT molecular complexity index is 980. The molecule has 0 aromatic heterocycles. The molecule has 0 radical (unpaired) electrons. The molecule has 4 atom stereocenters. The van der Waals surface area contributed by atoms with Gasteiger partial charge >= 0.3 is 0 Å². The zero-order chi connectivity index (χ0) is 21.4. The topological polar surface area (TPSA) is 58.6 Å². The maximum Gasteiger partial charge on any atom is 0.254 e. The van der Waals surface area contributed by atoms with E-state index < -0.39 is 6.04 Å². The Hall–Kier alpha value is -2.34. The van der Waals surface area contributed by atoms with Gasteiger partial charge in [0.15, 0.2) is 0 Å². The number of nitrogens with zero attached hydrogens (tertiary/aromatic N) is 1. The van der Waals surface area contributed by atoms with Crippen LogP contribution in [-0.4, -0.2) is 35.4 Å². The van der Waals surface area contributed by atoms with Crippen LogP contribution in [0.2, 0.25) is 0 Å². The number of fused-ring (bicyclic) bond motifs is 2. The van der Waals surface area contributed by atoms with Crippen LogP contribution in [0, 0.1) is 5.92 Å². The van der Waals surface area contributed by atoms with Gasteiger partial charge in [-0.15, -0.1) is 0 Å². The van der Waals surface area contributed by atoms with E-state index >= 15 is 0 Å². The van der Waals surface area contributed by atoms with E-state index in [2.05, 4.69) is 21.2 Å². The van der Waals surface area contributed by atoms with E-state index in [1.807, 2.05) is 53.4 Å². The molecule has 1 N–H and O–H groups in total. The second-order valence-corrected chi connectivity index (χ2v) is 9.74. The number of amides is 2. The lowest BCUT2D eigenvalue weighted by Gasteiger charge is -2.34. The summed E-state index contributed by atoms with van der Waals surface area (Å²) in [5.41, 5.74) is 1.65. The first kappa shape index (κ1) is 20.6. The predicted molar refractivity (Wildman–Crippen MR) is 122 cm³/mol. The molecule has 2 amide bonds. The number of benzene rings is 2. The van der Waals surface area contributed by atoms with Gasteiger partial charge in [-0.3, -0.25) is 9.59 Å². The van der Waals surface area contributed by atoms with E-state index in [9.17, 15) is 9.59 Å². The third kappa shape index (κ3) is 3.98. The minimum Gasteiger partial charge on any atom is -0.493 e. The predicted octanol–water partition coefficient (Wildman–Crippen LogP) is 4.86. The molecular weight excluding hydrogens is 456 g/mol. The van der Waals surface area contributed by atoms with Crippen molar-refractivity contribution in [3.8, 4) is 5.75 Å². The van der Waals surface area contributed by atoms with Crippen LogP contribution in [0.1, 0.15) is 60.5 Å². The zero-order valence-electron chi connectivity index (χ0n) is 17.4. The van der Waals surface area contributed by atoms with Crippen molar-refractivity contribution >= 4 is 27.7 Å². The van der Waals surface area contributed by atoms with Crippen LogP contribution in [0.15, 0.2) is 53.0 Å². The third-order valence-corrected chi connectivity index (χ3v) is 7.47. The van der Waals surface area contributed by atoms with Crippen molar-refractivity contribution in [2.45, 2.75) is 56.7 Å². The van der Waals surface area contributed by atoms with Crippen molar-refractivity contribution in [2.24, 2.45) is 5.92 Å². The summed E-state index contributed by atoms with van der Waals surface area (Å²) in [6.45, 7) is 0.572. The van der Waals surface area contributed by atoms with Crippen molar-refractivity contribution in [1.82, 2.24) is 10.2 Å². The summed E-state index contributed by atoms with van der Waals surface area (Å²) in [5.74, 6) is 1.16. The highest BCUT2D eigenvalue weighted by atomic mass is 79.9. The largest absolute Gasteiger partial charge is 0.493 e. The SMILES string of the molecule is O=C(NC1CCOc2ccc(Br)cc21)C1CC2CCCCC2N1C(=O)c1ccccc1. The van der Waals surface area contributed by atoms with Gasteiger partial charge in [0.1, 0.15) is 11.8 Å². The van der Waals surface area contributed by atoms with Crippen LogP contribution >= 0.6 is 15.9 Å². The highest BCUT2D eigenvalue weighted by molar-refractivity contribution is 9.10. The van der Waals surface area contributed by atoms with Gasteiger partial charge in [-0.1, -0.05) is 47.0 Å². The average molecular weight is 483 g/mol. The van der Waals surface area contributed by atoms with Crippen LogP contribution in [0.5, 0.6) is 5.75 Å². The number of carbonyl (C=O) groups excluding carboxylic acids is 2. The number of halogens is 1. The van der Waals surface area contributed by atoms with Gasteiger partial charge < -0.3 is 15.0 Å². The van der Waals surface area contributed by atoms with Crippen LogP contribution < -0.4 is 10.1 Å². The first-order chi connectivity index (χ1) is 15.1. The number of rotatable bonds is 3. The molecule has 4 unspecified atom stereocenters. The Labute approximate surface area is 191 Å². The maximum absolute atomic E-state index is 13.5. The molecule has 6 heteroatoms. The summed E-state index contributed by atoms with van der Waals surface area (Å²) >= 11 is 3.53. The molecule has 2 heterocycles. The van der Waals surface area contributed by atoms with E-state index in [-0.39, 0.29) is 23.9 Å². The molecule has 0 bridgehead atoms. The summed E-state index contributed by atoms with van der Waals surface area (Å²) < 4.78 is 6.74. The van der Waals surface area contributed by atoms with Crippen molar-refractivity contribution in [3.63, 3.8) is 0 Å². The standard InChI is InChI=1S/C25H27BrN2O3/c26-18-10-11-23-19(15-18)20(12-13-31-23)27-24(29)22-14-17-8-4-5-9-21(17)28(22)25(30)16-6-2-1-3-7-16/h1-3,6-7,10-11,15,17,20-22H,4-5,8-9,12-14H2,(H,27,29). The molecule has 2 fully saturated rings. The lowest BCUT2D eigenvalue weighted by Crippen LogP contribution is -2.50. The molecule has 2 aromatic carbocycles. The molecule has 5 rings (SSSR count). The number of carbonyl (C=O) groups is 2. The summed E-state index contributed by atoms with van der Waals surface area (Å²) in [6.07, 6.45) is 5.87. The molecule has 162 valence electrons. The Kier molecular flexibility index (Phi) is 5.74. The first-order valence-electron chi connectivity index (χ1n) is 11.2. The third-order valence-electron chi connectivity index (χ3n) is 6.97. The van der Waals surface area contributed by atoms with E-state index in [0.29, 0.717) is 18.1 Å². The molecule has 0 spiro atoms. The fraction of sp³-hybridized carbons (Fsp3) is 0.440. The van der Waals surface area contributed by atoms with E-state index in [4.69, 9.17) is 4.74 Å². The number of ether oxygens (including phenoxy) is 1. The monoisotopic (exact) mass is 482 g/mol. The minimum atomic E-state index is -0.417. The maximum atomic E-state index is 13.5. The number of hydrogen-bond donors (Lipinski definition) is 1. The normalized spacial score (nSPS) is 27.1. The van der Waals surface area contributed by atoms with Crippen molar-refractivity contribution in [2.75, 3.05) is 6.61 Å².